The predicted octanol–water partition coefficient (Wildman–Crippen LogP) is 0.231. The van der Waals surface area contributed by atoms with E-state index in [4.69, 9.17) is 9.84 Å². The molecule has 0 aromatic heterocycles. The first-order valence-corrected chi connectivity index (χ1v) is 8.59. The highest BCUT2D eigenvalue weighted by Gasteiger charge is 2.46. The van der Waals surface area contributed by atoms with Crippen LogP contribution < -0.4 is 0 Å². The maximum Gasteiger partial charge on any atom is 0.334 e. The Morgan fingerprint density at radius 2 is 1.81 bits per heavy atom. The third-order valence-electron chi connectivity index (χ3n) is 4.08. The molecule has 1 aliphatic carbocycles. The van der Waals surface area contributed by atoms with Crippen molar-refractivity contribution in [1.82, 2.24) is 4.31 Å². The molecule has 0 aromatic carbocycles. The Labute approximate surface area is 123 Å². The highest BCUT2D eigenvalue weighted by molar-refractivity contribution is 7.88. The number of hydrogen-bond donors (Lipinski definition) is 1. The number of carboxylic acid groups (broad SMARTS) is 1. The Hall–Kier alpha value is -1.41. The van der Waals surface area contributed by atoms with E-state index in [1.165, 1.54) is 10.6 Å². The number of ether oxygens (including phenoxy) is 1. The van der Waals surface area contributed by atoms with Gasteiger partial charge in [0.1, 0.15) is 6.10 Å². The summed E-state index contributed by atoms with van der Waals surface area (Å²) < 4.78 is 30.0. The van der Waals surface area contributed by atoms with Crippen LogP contribution in [0.5, 0.6) is 0 Å². The predicted molar refractivity (Wildman–Crippen MR) is 73.9 cm³/mol. The Morgan fingerprint density at radius 1 is 1.29 bits per heavy atom. The minimum Gasteiger partial charge on any atom is -0.481 e. The van der Waals surface area contributed by atoms with E-state index >= 15 is 0 Å². The van der Waals surface area contributed by atoms with Crippen molar-refractivity contribution in [2.45, 2.75) is 25.4 Å². The van der Waals surface area contributed by atoms with E-state index in [1.54, 1.807) is 0 Å². The largest absolute Gasteiger partial charge is 0.481 e. The molecule has 1 heterocycles. The van der Waals surface area contributed by atoms with E-state index in [9.17, 15) is 18.0 Å². The molecule has 1 saturated carbocycles. The topological polar surface area (TPSA) is 101 Å². The van der Waals surface area contributed by atoms with E-state index in [0.717, 1.165) is 12.8 Å². The summed E-state index contributed by atoms with van der Waals surface area (Å²) in [6, 6.07) is 0. The second-order valence-electron chi connectivity index (χ2n) is 5.72. The molecule has 7 nitrogen and oxygen atoms in total. The van der Waals surface area contributed by atoms with Gasteiger partial charge in [-0.25, -0.2) is 17.5 Å². The van der Waals surface area contributed by atoms with Crippen molar-refractivity contribution in [2.24, 2.45) is 11.8 Å². The molecule has 0 amide bonds. The van der Waals surface area contributed by atoms with E-state index in [2.05, 4.69) is 6.58 Å². The summed E-state index contributed by atoms with van der Waals surface area (Å²) in [4.78, 5) is 22.4. The van der Waals surface area contributed by atoms with Crippen molar-refractivity contribution in [3.05, 3.63) is 12.2 Å². The first kappa shape index (κ1) is 16.0. The number of sulfonamides is 1. The number of hydrogen-bond acceptors (Lipinski definition) is 5. The molecule has 1 aliphatic heterocycles. The van der Waals surface area contributed by atoms with Crippen LogP contribution in [0.4, 0.5) is 0 Å². The first-order chi connectivity index (χ1) is 9.68. The fourth-order valence-corrected chi connectivity index (χ4v) is 3.98. The van der Waals surface area contributed by atoms with Crippen molar-refractivity contribution in [2.75, 3.05) is 19.3 Å². The number of carboxylic acids is 1. The Kier molecular flexibility index (Phi) is 4.38. The van der Waals surface area contributed by atoms with Crippen LogP contribution in [0.15, 0.2) is 12.2 Å². The normalized spacial score (nSPS) is 29.1. The Bertz CT molecular complexity index is 555. The zero-order chi connectivity index (χ0) is 15.8. The first-order valence-electron chi connectivity index (χ1n) is 6.74. The van der Waals surface area contributed by atoms with Crippen LogP contribution in [0.1, 0.15) is 19.3 Å². The number of aliphatic carboxylic acids is 1. The second kappa shape index (κ2) is 5.76. The molecular weight excluding hydrogens is 298 g/mol. The van der Waals surface area contributed by atoms with Gasteiger partial charge in [0.05, 0.1) is 12.7 Å². The van der Waals surface area contributed by atoms with Crippen LogP contribution in [0.25, 0.3) is 0 Å². The van der Waals surface area contributed by atoms with E-state index in [1.807, 2.05) is 0 Å². The molecule has 0 radical (unpaired) electrons. The molecular formula is C13H19NO6S. The maximum absolute atomic E-state index is 11.8. The smallest absolute Gasteiger partial charge is 0.334 e. The molecule has 21 heavy (non-hydrogen) atoms. The minimum absolute atomic E-state index is 0.0277. The standard InChI is InChI=1S/C13H19NO6S/c1-8(5-11(15)16)13(17)20-12-9-3-4-10(12)7-14(6-9)21(2,18)19/h9-10,12H,1,3-7H2,2H3,(H,15,16). The lowest BCUT2D eigenvalue weighted by atomic mass is 9.96. The minimum atomic E-state index is -3.24. The molecule has 2 fully saturated rings. The molecule has 1 N–H and O–H groups in total. The van der Waals surface area contributed by atoms with Crippen molar-refractivity contribution < 1.29 is 27.9 Å². The zero-order valence-corrected chi connectivity index (χ0v) is 12.6. The fraction of sp³-hybridized carbons (Fsp3) is 0.692. The Morgan fingerprint density at radius 3 is 2.24 bits per heavy atom. The molecule has 2 unspecified atom stereocenters. The number of esters is 1. The molecule has 8 heteroatoms. The quantitative estimate of drug-likeness (QED) is 0.575. The monoisotopic (exact) mass is 317 g/mol. The van der Waals surface area contributed by atoms with Crippen LogP contribution in [-0.2, 0) is 24.3 Å². The summed E-state index contributed by atoms with van der Waals surface area (Å²) >= 11 is 0. The SMILES string of the molecule is C=C(CC(=O)O)C(=O)OC1C2CCC1CN(S(C)(=O)=O)C2. The summed E-state index contributed by atoms with van der Waals surface area (Å²) in [7, 11) is -3.24. The summed E-state index contributed by atoms with van der Waals surface area (Å²) in [6.45, 7) is 4.12. The van der Waals surface area contributed by atoms with Crippen molar-refractivity contribution in [3.8, 4) is 0 Å². The van der Waals surface area contributed by atoms with Crippen LogP contribution >= 0.6 is 0 Å². The number of nitrogens with zero attached hydrogens (tertiary/aromatic N) is 1. The van der Waals surface area contributed by atoms with Gasteiger partial charge in [0.25, 0.3) is 0 Å². The molecule has 118 valence electrons. The van der Waals surface area contributed by atoms with Gasteiger partial charge in [0.2, 0.25) is 10.0 Å². The van der Waals surface area contributed by atoms with Crippen LogP contribution in [0.3, 0.4) is 0 Å². The van der Waals surface area contributed by atoms with Crippen LogP contribution in [0, 0.1) is 11.8 Å². The van der Waals surface area contributed by atoms with Crippen LogP contribution in [0.2, 0.25) is 0 Å². The highest BCUT2D eigenvalue weighted by Crippen LogP contribution is 2.40. The van der Waals surface area contributed by atoms with Crippen molar-refractivity contribution in [3.63, 3.8) is 0 Å². The van der Waals surface area contributed by atoms with E-state index < -0.39 is 28.4 Å². The van der Waals surface area contributed by atoms with Gasteiger partial charge >= 0.3 is 11.9 Å². The highest BCUT2D eigenvalue weighted by atomic mass is 32.2. The maximum atomic E-state index is 11.8. The van der Waals surface area contributed by atoms with Gasteiger partial charge in [-0.15, -0.1) is 0 Å². The molecule has 2 bridgehead atoms. The van der Waals surface area contributed by atoms with Crippen LogP contribution in [-0.4, -0.2) is 55.2 Å². The lowest BCUT2D eigenvalue weighted by Crippen LogP contribution is -2.48. The van der Waals surface area contributed by atoms with Gasteiger partial charge in [0, 0.05) is 30.5 Å². The lowest BCUT2D eigenvalue weighted by molar-refractivity contribution is -0.151. The molecule has 0 aromatic rings. The van der Waals surface area contributed by atoms with E-state index in [-0.39, 0.29) is 23.5 Å². The molecule has 2 aliphatic rings. The molecule has 0 spiro atoms. The number of piperidine rings is 1. The summed E-state index contributed by atoms with van der Waals surface area (Å²) in [5.41, 5.74) is -0.0903. The Balaban J connectivity index is 1.99. The number of fused-ring (bicyclic) bond motifs is 2. The van der Waals surface area contributed by atoms with Gasteiger partial charge in [0.15, 0.2) is 0 Å². The molecule has 1 saturated heterocycles. The van der Waals surface area contributed by atoms with Gasteiger partial charge in [-0.2, -0.15) is 0 Å². The van der Waals surface area contributed by atoms with E-state index in [0.29, 0.717) is 13.1 Å². The lowest BCUT2D eigenvalue weighted by Gasteiger charge is -2.36. The number of carbonyl (C=O) groups is 2. The van der Waals surface area contributed by atoms with Gasteiger partial charge < -0.3 is 9.84 Å². The third-order valence-corrected chi connectivity index (χ3v) is 5.32. The number of carbonyl (C=O) groups excluding carboxylic acids is 1. The third kappa shape index (κ3) is 3.62. The average molecular weight is 317 g/mol. The van der Waals surface area contributed by atoms with Crippen molar-refractivity contribution >= 4 is 22.0 Å². The zero-order valence-electron chi connectivity index (χ0n) is 11.8. The van der Waals surface area contributed by atoms with Gasteiger partial charge in [-0.05, 0) is 12.8 Å². The molecule has 2 atom stereocenters. The second-order valence-corrected chi connectivity index (χ2v) is 7.70. The summed E-state index contributed by atoms with van der Waals surface area (Å²) in [5.74, 6) is -1.89. The average Bonchev–Trinajstić information content (AvgIpc) is 2.59. The van der Waals surface area contributed by atoms with Crippen molar-refractivity contribution in [1.29, 1.82) is 0 Å². The molecule has 2 rings (SSSR count). The number of rotatable bonds is 5. The summed E-state index contributed by atoms with van der Waals surface area (Å²) in [5, 5.41) is 8.64. The van der Waals surface area contributed by atoms with Gasteiger partial charge in [-0.3, -0.25) is 4.79 Å². The fourth-order valence-electron chi connectivity index (χ4n) is 3.05. The van der Waals surface area contributed by atoms with Gasteiger partial charge in [-0.1, -0.05) is 6.58 Å². The summed E-state index contributed by atoms with van der Waals surface area (Å²) in [6.07, 6.45) is 1.99.